The lowest BCUT2D eigenvalue weighted by atomic mass is 10.1. The lowest BCUT2D eigenvalue weighted by Gasteiger charge is -1.96. The summed E-state index contributed by atoms with van der Waals surface area (Å²) in [6.07, 6.45) is 7.23. The minimum absolute atomic E-state index is 0.763. The zero-order valence-electron chi connectivity index (χ0n) is 6.86. The van der Waals surface area contributed by atoms with Crippen LogP contribution in [-0.4, -0.2) is 22.2 Å². The van der Waals surface area contributed by atoms with E-state index in [0.29, 0.717) is 0 Å². The third-order valence-electron chi connectivity index (χ3n) is 1.81. The Morgan fingerprint density at radius 1 is 1.25 bits per heavy atom. The molecule has 3 heteroatoms. The van der Waals surface area contributed by atoms with Crippen molar-refractivity contribution in [3.8, 4) is 0 Å². The van der Waals surface area contributed by atoms with E-state index in [9.17, 15) is 0 Å². The Labute approximate surface area is 70.9 Å². The van der Waals surface area contributed by atoms with Crippen LogP contribution in [-0.2, 0) is 0 Å². The highest BCUT2D eigenvalue weighted by Gasteiger charge is 2.06. The van der Waals surface area contributed by atoms with Gasteiger partial charge in [-0.1, -0.05) is 0 Å². The average molecular weight is 159 g/mol. The van der Waals surface area contributed by atoms with Crippen LogP contribution in [0.4, 0.5) is 0 Å². The summed E-state index contributed by atoms with van der Waals surface area (Å²) in [7, 11) is 0. The van der Waals surface area contributed by atoms with Crippen molar-refractivity contribution in [2.45, 2.75) is 6.92 Å². The molecule has 1 aromatic heterocycles. The van der Waals surface area contributed by atoms with Crippen molar-refractivity contribution < 1.29 is 0 Å². The molecule has 2 heterocycles. The summed E-state index contributed by atoms with van der Waals surface area (Å²) in [5.74, 6) is 0. The van der Waals surface area contributed by atoms with Gasteiger partial charge in [0.05, 0.1) is 6.54 Å². The highest BCUT2D eigenvalue weighted by atomic mass is 14.8. The normalized spacial score (nSPS) is 15.8. The summed E-state index contributed by atoms with van der Waals surface area (Å²) in [5.41, 5.74) is 3.35. The monoisotopic (exact) mass is 159 g/mol. The quantitative estimate of drug-likeness (QED) is 0.620. The first kappa shape index (κ1) is 7.16. The van der Waals surface area contributed by atoms with Gasteiger partial charge in [0.1, 0.15) is 6.33 Å². The molecule has 0 atom stereocenters. The van der Waals surface area contributed by atoms with E-state index in [1.165, 1.54) is 11.9 Å². The number of hydrogen-bond acceptors (Lipinski definition) is 3. The number of nitrogens with zero attached hydrogens (tertiary/aromatic N) is 3. The van der Waals surface area contributed by atoms with Crippen molar-refractivity contribution in [1.29, 1.82) is 0 Å². The van der Waals surface area contributed by atoms with Gasteiger partial charge in [0.25, 0.3) is 0 Å². The van der Waals surface area contributed by atoms with Gasteiger partial charge in [-0.15, -0.1) is 0 Å². The molecule has 0 amide bonds. The third-order valence-corrected chi connectivity index (χ3v) is 1.81. The molecule has 2 rings (SSSR count). The molecule has 1 aliphatic rings. The SMILES string of the molecule is CC1=NCC(c2cncnc2)=C1. The van der Waals surface area contributed by atoms with Crippen LogP contribution >= 0.6 is 0 Å². The molecule has 12 heavy (non-hydrogen) atoms. The molecule has 0 spiro atoms. The molecule has 0 bridgehead atoms. The summed E-state index contributed by atoms with van der Waals surface area (Å²) in [4.78, 5) is 12.2. The minimum Gasteiger partial charge on any atom is -0.285 e. The first-order chi connectivity index (χ1) is 5.86. The minimum atomic E-state index is 0.763. The zero-order chi connectivity index (χ0) is 8.39. The molecule has 0 aliphatic carbocycles. The number of aromatic nitrogens is 2. The zero-order valence-corrected chi connectivity index (χ0v) is 6.86. The van der Waals surface area contributed by atoms with Gasteiger partial charge in [-0.25, -0.2) is 9.97 Å². The van der Waals surface area contributed by atoms with Gasteiger partial charge in [-0.2, -0.15) is 0 Å². The molecular weight excluding hydrogens is 150 g/mol. The molecule has 1 aliphatic heterocycles. The van der Waals surface area contributed by atoms with E-state index in [1.54, 1.807) is 0 Å². The summed E-state index contributed by atoms with van der Waals surface area (Å²) in [6.45, 7) is 2.76. The van der Waals surface area contributed by atoms with E-state index < -0.39 is 0 Å². The van der Waals surface area contributed by atoms with Crippen LogP contribution in [0.1, 0.15) is 12.5 Å². The van der Waals surface area contributed by atoms with E-state index in [2.05, 4.69) is 21.0 Å². The first-order valence-electron chi connectivity index (χ1n) is 3.83. The molecule has 0 aromatic carbocycles. The molecular formula is C9H9N3. The Morgan fingerprint density at radius 3 is 2.58 bits per heavy atom. The first-order valence-corrected chi connectivity index (χ1v) is 3.83. The molecule has 0 N–H and O–H groups in total. The molecule has 0 unspecified atom stereocenters. The summed E-state index contributed by atoms with van der Waals surface area (Å²) in [6, 6.07) is 0. The maximum Gasteiger partial charge on any atom is 0.115 e. The molecule has 0 saturated heterocycles. The molecule has 0 radical (unpaired) electrons. The third kappa shape index (κ3) is 1.25. The van der Waals surface area contributed by atoms with Gasteiger partial charge in [0.15, 0.2) is 0 Å². The highest BCUT2D eigenvalue weighted by molar-refractivity contribution is 6.02. The van der Waals surface area contributed by atoms with Crippen LogP contribution in [0, 0.1) is 0 Å². The van der Waals surface area contributed by atoms with E-state index >= 15 is 0 Å². The summed E-state index contributed by atoms with van der Waals surface area (Å²) < 4.78 is 0. The Hall–Kier alpha value is -1.51. The van der Waals surface area contributed by atoms with Gasteiger partial charge in [0, 0.05) is 23.7 Å². The largest absolute Gasteiger partial charge is 0.285 e. The van der Waals surface area contributed by atoms with Gasteiger partial charge >= 0.3 is 0 Å². The van der Waals surface area contributed by atoms with Gasteiger partial charge in [-0.3, -0.25) is 4.99 Å². The molecule has 0 saturated carbocycles. The number of allylic oxidation sites excluding steroid dienone is 1. The van der Waals surface area contributed by atoms with Crippen molar-refractivity contribution in [1.82, 2.24) is 9.97 Å². The predicted molar refractivity (Wildman–Crippen MR) is 48.0 cm³/mol. The van der Waals surface area contributed by atoms with Crippen molar-refractivity contribution in [3.63, 3.8) is 0 Å². The lowest BCUT2D eigenvalue weighted by Crippen LogP contribution is -1.87. The molecule has 60 valence electrons. The van der Waals surface area contributed by atoms with Crippen LogP contribution < -0.4 is 0 Å². The van der Waals surface area contributed by atoms with Gasteiger partial charge < -0.3 is 0 Å². The Bertz CT molecular complexity index is 338. The lowest BCUT2D eigenvalue weighted by molar-refractivity contribution is 1.14. The van der Waals surface area contributed by atoms with Crippen LogP contribution in [0.5, 0.6) is 0 Å². The standard InChI is InChI=1S/C9H9N3/c1-7-2-8(5-12-7)9-3-10-6-11-4-9/h2-4,6H,5H2,1H3. The Balaban J connectivity index is 2.30. The second-order valence-electron chi connectivity index (χ2n) is 2.75. The topological polar surface area (TPSA) is 38.1 Å². The number of aliphatic imine (C=N–C) groups is 1. The van der Waals surface area contributed by atoms with E-state index in [0.717, 1.165) is 17.8 Å². The maximum atomic E-state index is 4.26. The van der Waals surface area contributed by atoms with Crippen molar-refractivity contribution >= 4 is 11.3 Å². The fraction of sp³-hybridized carbons (Fsp3) is 0.222. The maximum absolute atomic E-state index is 4.26. The fourth-order valence-electron chi connectivity index (χ4n) is 1.19. The van der Waals surface area contributed by atoms with Gasteiger partial charge in [-0.05, 0) is 18.6 Å². The summed E-state index contributed by atoms with van der Waals surface area (Å²) >= 11 is 0. The molecule has 1 aromatic rings. The fourth-order valence-corrected chi connectivity index (χ4v) is 1.19. The highest BCUT2D eigenvalue weighted by Crippen LogP contribution is 2.16. The van der Waals surface area contributed by atoms with Crippen molar-refractivity contribution in [3.05, 3.63) is 30.4 Å². The number of hydrogen-bond donors (Lipinski definition) is 0. The van der Waals surface area contributed by atoms with Crippen molar-refractivity contribution in [2.24, 2.45) is 4.99 Å². The smallest absolute Gasteiger partial charge is 0.115 e. The van der Waals surface area contributed by atoms with Crippen LogP contribution in [0.15, 0.2) is 29.8 Å². The number of rotatable bonds is 1. The van der Waals surface area contributed by atoms with E-state index in [4.69, 9.17) is 0 Å². The average Bonchev–Trinajstić information content (AvgIpc) is 2.54. The van der Waals surface area contributed by atoms with Crippen LogP contribution in [0.25, 0.3) is 5.57 Å². The second-order valence-corrected chi connectivity index (χ2v) is 2.75. The van der Waals surface area contributed by atoms with E-state index in [-0.39, 0.29) is 0 Å². The predicted octanol–water partition coefficient (Wildman–Crippen LogP) is 1.33. The molecule has 0 fully saturated rings. The Kier molecular flexibility index (Phi) is 1.70. The summed E-state index contributed by atoms with van der Waals surface area (Å²) in [5, 5.41) is 0. The molecule has 3 nitrogen and oxygen atoms in total. The van der Waals surface area contributed by atoms with E-state index in [1.807, 2.05) is 19.3 Å². The van der Waals surface area contributed by atoms with Crippen LogP contribution in [0.2, 0.25) is 0 Å². The second kappa shape index (κ2) is 2.85. The van der Waals surface area contributed by atoms with Crippen LogP contribution in [0.3, 0.4) is 0 Å². The van der Waals surface area contributed by atoms with Crippen molar-refractivity contribution in [2.75, 3.05) is 6.54 Å². The van der Waals surface area contributed by atoms with Gasteiger partial charge in [0.2, 0.25) is 0 Å². The Morgan fingerprint density at radius 2 is 2.00 bits per heavy atom.